The number of anilines is 1. The first-order chi connectivity index (χ1) is 14.2. The largest absolute Gasteiger partial charge is 0.310 e. The minimum Gasteiger partial charge on any atom is -0.310 e. The maximum Gasteiger partial charge on any atom is 0.254 e. The molecule has 2 aromatic rings. The van der Waals surface area contributed by atoms with Gasteiger partial charge in [-0.05, 0) is 19.1 Å². The third-order valence-electron chi connectivity index (χ3n) is 5.02. The normalized spacial score (nSPS) is 11.2. The molecule has 0 radical (unpaired) electrons. The van der Waals surface area contributed by atoms with E-state index in [1.54, 1.807) is 16.3 Å². The molecule has 1 N–H and O–H groups in total. The van der Waals surface area contributed by atoms with E-state index in [0.29, 0.717) is 17.3 Å². The van der Waals surface area contributed by atoms with Crippen LogP contribution in [0, 0.1) is 6.92 Å². The summed E-state index contributed by atoms with van der Waals surface area (Å²) in [7, 11) is 0. The Labute approximate surface area is 179 Å². The summed E-state index contributed by atoms with van der Waals surface area (Å²) in [6, 6.07) is 1.81. The van der Waals surface area contributed by atoms with E-state index < -0.39 is 0 Å². The van der Waals surface area contributed by atoms with Gasteiger partial charge in [0.1, 0.15) is 12.1 Å². The van der Waals surface area contributed by atoms with Crippen molar-refractivity contribution in [1.82, 2.24) is 19.6 Å². The van der Waals surface area contributed by atoms with Gasteiger partial charge in [-0.1, -0.05) is 77.6 Å². The molecule has 29 heavy (non-hydrogen) atoms. The Bertz CT molecular complexity index is 718. The number of rotatable bonds is 16. The van der Waals surface area contributed by atoms with Crippen molar-refractivity contribution in [1.29, 1.82) is 0 Å². The zero-order valence-electron chi connectivity index (χ0n) is 18.2. The third kappa shape index (κ3) is 9.61. The van der Waals surface area contributed by atoms with E-state index in [1.807, 2.05) is 13.0 Å². The maximum absolute atomic E-state index is 12.2. The van der Waals surface area contributed by atoms with Gasteiger partial charge in [-0.15, -0.1) is 0 Å². The summed E-state index contributed by atoms with van der Waals surface area (Å²) in [6.07, 6.45) is 17.8. The summed E-state index contributed by atoms with van der Waals surface area (Å²) in [4.78, 5) is 20.5. The lowest BCUT2D eigenvalue weighted by Gasteiger charge is -2.07. The number of hydrogen-bond donors (Lipinski definition) is 1. The third-order valence-corrected chi connectivity index (χ3v) is 6.07. The fourth-order valence-electron chi connectivity index (χ4n) is 3.41. The molecule has 0 aliphatic heterocycles. The monoisotopic (exact) mass is 419 g/mol. The molecule has 0 bridgehead atoms. The first kappa shape index (κ1) is 23.6. The van der Waals surface area contributed by atoms with Crippen molar-refractivity contribution in [3.8, 4) is 0 Å². The van der Waals surface area contributed by atoms with Crippen LogP contribution in [0.15, 0.2) is 12.4 Å². The number of aryl methyl sites for hydroxylation is 1. The molecule has 0 saturated carbocycles. The van der Waals surface area contributed by atoms with E-state index >= 15 is 0 Å². The fraction of sp³-hybridized carbons (Fsp3) is 0.727. The number of nitrogens with one attached hydrogen (secondary N) is 1. The lowest BCUT2D eigenvalue weighted by Crippen LogP contribution is -2.17. The molecule has 0 fully saturated rings. The first-order valence-corrected chi connectivity index (χ1v) is 12.4. The van der Waals surface area contributed by atoms with Crippen molar-refractivity contribution in [3.63, 3.8) is 0 Å². The summed E-state index contributed by atoms with van der Waals surface area (Å²) in [5, 5.41) is 7.03. The number of aromatic nitrogens is 4. The quantitative estimate of drug-likeness (QED) is 0.348. The highest BCUT2D eigenvalue weighted by Gasteiger charge is 2.09. The molecule has 0 atom stereocenters. The number of amides is 1. The van der Waals surface area contributed by atoms with Crippen molar-refractivity contribution >= 4 is 29.3 Å². The molecule has 0 spiro atoms. The standard InChI is InChI=1S/C22H37N5OS/c1-3-4-5-6-7-8-9-10-11-12-13-14-15-29-17-21(28)26-20-16-19(2)25-22-23-18-24-27(20)22/h16,18H,3-15,17H2,1-2H3,(H,26,28). The molecule has 0 aliphatic rings. The Hall–Kier alpha value is -1.63. The number of nitrogens with zero attached hydrogens (tertiary/aromatic N) is 4. The van der Waals surface area contributed by atoms with E-state index in [1.165, 1.54) is 83.4 Å². The molecule has 0 aliphatic carbocycles. The van der Waals surface area contributed by atoms with Gasteiger partial charge in [0, 0.05) is 11.8 Å². The Morgan fingerprint density at radius 1 is 1.00 bits per heavy atom. The van der Waals surface area contributed by atoms with Crippen LogP contribution in [0.5, 0.6) is 0 Å². The highest BCUT2D eigenvalue weighted by atomic mass is 32.2. The molecule has 0 saturated heterocycles. The molecule has 7 heteroatoms. The molecule has 1 amide bonds. The smallest absolute Gasteiger partial charge is 0.254 e. The van der Waals surface area contributed by atoms with E-state index in [2.05, 4.69) is 27.3 Å². The van der Waals surface area contributed by atoms with Gasteiger partial charge in [-0.25, -0.2) is 4.98 Å². The van der Waals surface area contributed by atoms with Gasteiger partial charge >= 0.3 is 0 Å². The van der Waals surface area contributed by atoms with Crippen molar-refractivity contribution in [2.24, 2.45) is 0 Å². The van der Waals surface area contributed by atoms with Gasteiger partial charge in [0.15, 0.2) is 0 Å². The average Bonchev–Trinajstić information content (AvgIpc) is 3.17. The first-order valence-electron chi connectivity index (χ1n) is 11.3. The SMILES string of the molecule is CCCCCCCCCCCCCCSCC(=O)Nc1cc(C)nc2ncnn12. The molecule has 2 aromatic heterocycles. The highest BCUT2D eigenvalue weighted by Crippen LogP contribution is 2.14. The summed E-state index contributed by atoms with van der Waals surface area (Å²) < 4.78 is 1.56. The summed E-state index contributed by atoms with van der Waals surface area (Å²) >= 11 is 1.70. The second kappa shape index (κ2) is 14.4. The predicted octanol–water partition coefficient (Wildman–Crippen LogP) is 5.81. The zero-order valence-corrected chi connectivity index (χ0v) is 19.0. The molecular formula is C22H37N5OS. The maximum atomic E-state index is 12.2. The Kier molecular flexibility index (Phi) is 11.7. The molecule has 2 heterocycles. The van der Waals surface area contributed by atoms with Crippen molar-refractivity contribution in [3.05, 3.63) is 18.1 Å². The van der Waals surface area contributed by atoms with E-state index in [0.717, 1.165) is 11.4 Å². The topological polar surface area (TPSA) is 72.2 Å². The molecule has 6 nitrogen and oxygen atoms in total. The van der Waals surface area contributed by atoms with Crippen LogP contribution in [-0.2, 0) is 4.79 Å². The van der Waals surface area contributed by atoms with Crippen LogP contribution in [0.3, 0.4) is 0 Å². The minimum absolute atomic E-state index is 0.00339. The van der Waals surface area contributed by atoms with E-state index in [-0.39, 0.29) is 5.91 Å². The number of carbonyl (C=O) groups is 1. The van der Waals surface area contributed by atoms with Gasteiger partial charge in [-0.3, -0.25) is 4.79 Å². The predicted molar refractivity (Wildman–Crippen MR) is 123 cm³/mol. The summed E-state index contributed by atoms with van der Waals surface area (Å²) in [5.41, 5.74) is 0.810. The molecule has 162 valence electrons. The van der Waals surface area contributed by atoms with Crippen LogP contribution in [-0.4, -0.2) is 37.0 Å². The lowest BCUT2D eigenvalue weighted by molar-refractivity contribution is -0.113. The van der Waals surface area contributed by atoms with Crippen molar-refractivity contribution in [2.75, 3.05) is 16.8 Å². The molecular weight excluding hydrogens is 382 g/mol. The van der Waals surface area contributed by atoms with Crippen molar-refractivity contribution in [2.45, 2.75) is 90.9 Å². The van der Waals surface area contributed by atoms with Crippen LogP contribution >= 0.6 is 11.8 Å². The lowest BCUT2D eigenvalue weighted by atomic mass is 10.1. The highest BCUT2D eigenvalue weighted by molar-refractivity contribution is 7.99. The van der Waals surface area contributed by atoms with Crippen LogP contribution < -0.4 is 5.32 Å². The minimum atomic E-state index is -0.00339. The Morgan fingerprint density at radius 3 is 2.28 bits per heavy atom. The van der Waals surface area contributed by atoms with Gasteiger partial charge in [-0.2, -0.15) is 26.4 Å². The fourth-order valence-corrected chi connectivity index (χ4v) is 4.22. The van der Waals surface area contributed by atoms with Crippen molar-refractivity contribution < 1.29 is 4.79 Å². The second-order valence-corrected chi connectivity index (χ2v) is 8.85. The number of thioether (sulfide) groups is 1. The van der Waals surface area contributed by atoms with Crippen LogP contribution in [0.1, 0.15) is 89.7 Å². The van der Waals surface area contributed by atoms with E-state index in [9.17, 15) is 4.79 Å². The molecule has 2 rings (SSSR count). The van der Waals surface area contributed by atoms with Crippen LogP contribution in [0.25, 0.3) is 5.78 Å². The van der Waals surface area contributed by atoms with Gasteiger partial charge in [0.2, 0.25) is 5.91 Å². The van der Waals surface area contributed by atoms with Crippen LogP contribution in [0.2, 0.25) is 0 Å². The number of fused-ring (bicyclic) bond motifs is 1. The number of hydrogen-bond acceptors (Lipinski definition) is 5. The number of unbranched alkanes of at least 4 members (excludes halogenated alkanes) is 11. The van der Waals surface area contributed by atoms with E-state index in [4.69, 9.17) is 0 Å². The summed E-state index contributed by atoms with van der Waals surface area (Å²) in [5.74, 6) is 2.64. The van der Waals surface area contributed by atoms with Gasteiger partial charge in [0.05, 0.1) is 5.75 Å². The van der Waals surface area contributed by atoms with Gasteiger partial charge < -0.3 is 5.32 Å². The molecule has 0 unspecified atom stereocenters. The Balaban J connectivity index is 1.44. The zero-order chi connectivity index (χ0) is 20.7. The average molecular weight is 420 g/mol. The van der Waals surface area contributed by atoms with Crippen LogP contribution in [0.4, 0.5) is 5.82 Å². The number of carbonyl (C=O) groups excluding carboxylic acids is 1. The Morgan fingerprint density at radius 2 is 1.62 bits per heavy atom. The summed E-state index contributed by atoms with van der Waals surface area (Å²) in [6.45, 7) is 4.15. The second-order valence-electron chi connectivity index (χ2n) is 7.74. The van der Waals surface area contributed by atoms with Gasteiger partial charge in [0.25, 0.3) is 5.78 Å². The molecule has 0 aromatic carbocycles.